The molecule has 0 bridgehead atoms. The van der Waals surface area contributed by atoms with Gasteiger partial charge in [-0.25, -0.2) is 4.79 Å². The Morgan fingerprint density at radius 3 is 2.55 bits per heavy atom. The first-order chi connectivity index (χ1) is 16.1. The molecule has 2 aromatic carbocycles. The molecule has 4 rings (SSSR count). The predicted octanol–water partition coefficient (Wildman–Crippen LogP) is 5.47. The fourth-order valence-electron chi connectivity index (χ4n) is 4.34. The van der Waals surface area contributed by atoms with E-state index < -0.39 is 5.97 Å². The minimum absolute atomic E-state index is 0.271. The molecule has 0 radical (unpaired) electrons. The summed E-state index contributed by atoms with van der Waals surface area (Å²) in [4.78, 5) is 27.2. The Balaban J connectivity index is 1.68. The number of esters is 1. The zero-order chi connectivity index (χ0) is 23.4. The SMILES string of the molecule is CCOC(=O)c1c(NC(=O)c2cccc(OC)c2OC)sc2c1CCC(c1ccccc1)C2. The zero-order valence-corrected chi connectivity index (χ0v) is 19.8. The summed E-state index contributed by atoms with van der Waals surface area (Å²) in [5.41, 5.74) is 3.08. The summed E-state index contributed by atoms with van der Waals surface area (Å²) >= 11 is 1.46. The normalized spacial score (nSPS) is 14.8. The van der Waals surface area contributed by atoms with Crippen LogP contribution in [-0.2, 0) is 17.6 Å². The van der Waals surface area contributed by atoms with Crippen LogP contribution in [0, 0.1) is 0 Å². The minimum Gasteiger partial charge on any atom is -0.493 e. The van der Waals surface area contributed by atoms with Gasteiger partial charge in [-0.15, -0.1) is 11.3 Å². The van der Waals surface area contributed by atoms with E-state index in [0.717, 1.165) is 29.7 Å². The van der Waals surface area contributed by atoms with Gasteiger partial charge in [-0.2, -0.15) is 0 Å². The third kappa shape index (κ3) is 4.59. The lowest BCUT2D eigenvalue weighted by atomic mass is 9.83. The first kappa shape index (κ1) is 22.9. The van der Waals surface area contributed by atoms with Crippen molar-refractivity contribution in [2.24, 2.45) is 0 Å². The second-order valence-corrected chi connectivity index (χ2v) is 8.88. The topological polar surface area (TPSA) is 73.9 Å². The van der Waals surface area contributed by atoms with Crippen molar-refractivity contribution in [3.05, 3.63) is 75.7 Å². The Bertz CT molecular complexity index is 1150. The van der Waals surface area contributed by atoms with E-state index in [2.05, 4.69) is 29.6 Å². The Morgan fingerprint density at radius 1 is 1.06 bits per heavy atom. The first-order valence-electron chi connectivity index (χ1n) is 11.0. The van der Waals surface area contributed by atoms with Crippen LogP contribution in [0.1, 0.15) is 56.0 Å². The molecule has 1 heterocycles. The third-order valence-electron chi connectivity index (χ3n) is 5.89. The highest BCUT2D eigenvalue weighted by molar-refractivity contribution is 7.17. The van der Waals surface area contributed by atoms with Gasteiger partial charge in [0.2, 0.25) is 0 Å². The van der Waals surface area contributed by atoms with E-state index in [1.165, 1.54) is 31.1 Å². The van der Waals surface area contributed by atoms with E-state index in [4.69, 9.17) is 14.2 Å². The maximum absolute atomic E-state index is 13.2. The van der Waals surface area contributed by atoms with Crippen LogP contribution in [0.3, 0.4) is 0 Å². The van der Waals surface area contributed by atoms with Crippen molar-refractivity contribution in [3.63, 3.8) is 0 Å². The number of carbonyl (C=O) groups excluding carboxylic acids is 2. The van der Waals surface area contributed by atoms with Gasteiger partial charge >= 0.3 is 5.97 Å². The number of fused-ring (bicyclic) bond motifs is 1. The van der Waals surface area contributed by atoms with E-state index in [9.17, 15) is 9.59 Å². The number of nitrogens with one attached hydrogen (secondary N) is 1. The summed E-state index contributed by atoms with van der Waals surface area (Å²) in [6, 6.07) is 15.5. The highest BCUT2D eigenvalue weighted by Crippen LogP contribution is 2.43. The van der Waals surface area contributed by atoms with E-state index >= 15 is 0 Å². The number of carbonyl (C=O) groups is 2. The number of ether oxygens (including phenoxy) is 3. The first-order valence-corrected chi connectivity index (χ1v) is 11.8. The second-order valence-electron chi connectivity index (χ2n) is 7.77. The predicted molar refractivity (Wildman–Crippen MR) is 129 cm³/mol. The van der Waals surface area contributed by atoms with Crippen molar-refractivity contribution in [2.75, 3.05) is 26.1 Å². The molecular formula is C26H27NO5S. The quantitative estimate of drug-likeness (QED) is 0.469. The van der Waals surface area contributed by atoms with Gasteiger partial charge in [0, 0.05) is 4.88 Å². The van der Waals surface area contributed by atoms with E-state index in [1.54, 1.807) is 25.1 Å². The van der Waals surface area contributed by atoms with Crippen LogP contribution in [0.4, 0.5) is 5.00 Å². The smallest absolute Gasteiger partial charge is 0.341 e. The number of benzene rings is 2. The summed E-state index contributed by atoms with van der Waals surface area (Å²) in [5.74, 6) is 0.428. The van der Waals surface area contributed by atoms with Crippen molar-refractivity contribution in [2.45, 2.75) is 32.1 Å². The number of amides is 1. The van der Waals surface area contributed by atoms with Gasteiger partial charge in [-0.05, 0) is 55.4 Å². The lowest BCUT2D eigenvalue weighted by Gasteiger charge is -2.23. The molecule has 0 fully saturated rings. The molecule has 172 valence electrons. The molecule has 6 nitrogen and oxygen atoms in total. The fraction of sp³-hybridized carbons (Fsp3) is 0.308. The number of hydrogen-bond acceptors (Lipinski definition) is 6. The molecule has 1 atom stereocenters. The zero-order valence-electron chi connectivity index (χ0n) is 19.0. The van der Waals surface area contributed by atoms with Crippen LogP contribution in [0.15, 0.2) is 48.5 Å². The maximum Gasteiger partial charge on any atom is 0.341 e. The molecule has 33 heavy (non-hydrogen) atoms. The molecule has 1 amide bonds. The van der Waals surface area contributed by atoms with Crippen LogP contribution < -0.4 is 14.8 Å². The number of para-hydroxylation sites is 1. The lowest BCUT2D eigenvalue weighted by Crippen LogP contribution is -2.17. The monoisotopic (exact) mass is 465 g/mol. The van der Waals surface area contributed by atoms with E-state index in [0.29, 0.717) is 33.5 Å². The van der Waals surface area contributed by atoms with Crippen molar-refractivity contribution in [3.8, 4) is 11.5 Å². The molecule has 1 N–H and O–H groups in total. The third-order valence-corrected chi connectivity index (χ3v) is 7.06. The van der Waals surface area contributed by atoms with Gasteiger partial charge in [0.15, 0.2) is 11.5 Å². The lowest BCUT2D eigenvalue weighted by molar-refractivity contribution is 0.0526. The standard InChI is InChI=1S/C26H27NO5S/c1-4-32-26(29)22-18-14-13-17(16-9-6-5-7-10-16)15-21(18)33-25(22)27-24(28)19-11-8-12-20(30-2)23(19)31-3/h5-12,17H,4,13-15H2,1-3H3,(H,27,28). The summed E-state index contributed by atoms with van der Waals surface area (Å²) in [7, 11) is 3.02. The molecule has 1 aliphatic carbocycles. The molecule has 1 aliphatic rings. The van der Waals surface area contributed by atoms with Crippen LogP contribution >= 0.6 is 11.3 Å². The van der Waals surface area contributed by atoms with E-state index in [1.807, 2.05) is 6.07 Å². The summed E-state index contributed by atoms with van der Waals surface area (Å²) in [5, 5.41) is 3.46. The fourth-order valence-corrected chi connectivity index (χ4v) is 5.65. The molecular weight excluding hydrogens is 438 g/mol. The molecule has 7 heteroatoms. The number of rotatable bonds is 7. The average Bonchev–Trinajstić information content (AvgIpc) is 3.21. The summed E-state index contributed by atoms with van der Waals surface area (Å²) < 4.78 is 16.1. The largest absolute Gasteiger partial charge is 0.493 e. The number of thiophene rings is 1. The second kappa shape index (κ2) is 10.1. The molecule has 3 aromatic rings. The van der Waals surface area contributed by atoms with Crippen LogP contribution in [0.25, 0.3) is 0 Å². The molecule has 0 saturated heterocycles. The molecule has 1 unspecified atom stereocenters. The molecule has 0 saturated carbocycles. The highest BCUT2D eigenvalue weighted by atomic mass is 32.1. The van der Waals surface area contributed by atoms with Crippen LogP contribution in [0.5, 0.6) is 11.5 Å². The van der Waals surface area contributed by atoms with Crippen molar-refractivity contribution >= 4 is 28.2 Å². The molecule has 0 spiro atoms. The highest BCUT2D eigenvalue weighted by Gasteiger charge is 2.31. The Labute approximate surface area is 197 Å². The number of methoxy groups -OCH3 is 2. The molecule has 0 aliphatic heterocycles. The van der Waals surface area contributed by atoms with Crippen molar-refractivity contribution in [1.29, 1.82) is 0 Å². The summed E-state index contributed by atoms with van der Waals surface area (Å²) in [6.07, 6.45) is 2.53. The van der Waals surface area contributed by atoms with Gasteiger partial charge in [0.05, 0.1) is 32.0 Å². The van der Waals surface area contributed by atoms with Gasteiger partial charge < -0.3 is 19.5 Å². The maximum atomic E-state index is 13.2. The van der Waals surface area contributed by atoms with Crippen LogP contribution in [0.2, 0.25) is 0 Å². The minimum atomic E-state index is -0.402. The molecule has 1 aromatic heterocycles. The van der Waals surface area contributed by atoms with Crippen molar-refractivity contribution in [1.82, 2.24) is 0 Å². The van der Waals surface area contributed by atoms with Gasteiger partial charge in [0.1, 0.15) is 5.00 Å². The van der Waals surface area contributed by atoms with Gasteiger partial charge in [-0.1, -0.05) is 36.4 Å². The van der Waals surface area contributed by atoms with Gasteiger partial charge in [0.25, 0.3) is 5.91 Å². The number of anilines is 1. The van der Waals surface area contributed by atoms with Crippen LogP contribution in [-0.4, -0.2) is 32.7 Å². The Kier molecular flexibility index (Phi) is 6.99. The Morgan fingerprint density at radius 2 is 1.85 bits per heavy atom. The van der Waals surface area contributed by atoms with Crippen molar-refractivity contribution < 1.29 is 23.8 Å². The average molecular weight is 466 g/mol. The number of hydrogen-bond donors (Lipinski definition) is 1. The summed E-state index contributed by atoms with van der Waals surface area (Å²) in [6.45, 7) is 2.05. The Hall–Kier alpha value is -3.32. The van der Waals surface area contributed by atoms with E-state index in [-0.39, 0.29) is 12.5 Å². The van der Waals surface area contributed by atoms with Gasteiger partial charge in [-0.3, -0.25) is 4.79 Å².